The summed E-state index contributed by atoms with van der Waals surface area (Å²) in [5.74, 6) is 1.52. The molecule has 140 valence electrons. The molecular weight excluding hydrogens is 357 g/mol. The molecule has 0 aromatic carbocycles. The second-order valence-corrected chi connectivity index (χ2v) is 6.68. The molecule has 2 aromatic heterocycles. The zero-order chi connectivity index (χ0) is 16.2. The van der Waals surface area contributed by atoms with Crippen LogP contribution in [0.15, 0.2) is 30.7 Å². The number of imidazole rings is 1. The lowest BCUT2D eigenvalue weighted by Crippen LogP contribution is -2.44. The van der Waals surface area contributed by atoms with Gasteiger partial charge >= 0.3 is 0 Å². The third kappa shape index (κ3) is 5.33. The van der Waals surface area contributed by atoms with Crippen LogP contribution in [0.3, 0.4) is 0 Å². The lowest BCUT2D eigenvalue weighted by Gasteiger charge is -2.38. The topological polar surface area (TPSA) is 60.0 Å². The number of nitrogens with zero attached hydrogens (tertiary/aromatic N) is 4. The summed E-state index contributed by atoms with van der Waals surface area (Å²) < 4.78 is 2.24. The molecule has 1 fully saturated rings. The molecule has 2 aromatic rings. The van der Waals surface area contributed by atoms with Crippen LogP contribution in [0.1, 0.15) is 39.5 Å². The van der Waals surface area contributed by atoms with E-state index in [4.69, 9.17) is 5.73 Å². The lowest BCUT2D eigenvalue weighted by molar-refractivity contribution is 0.102. The largest absolute Gasteiger partial charge is 0.384 e. The standard InChI is InChI=1S/C18H27N5.2ClH/c1-14(2)23-10-4-3-5-16(23)7-11-22-12-9-21-18(22)15-6-8-20-17(19)13-15;;/h6,8-9,12-14,16H,3-5,7,10-11H2,1-2H3,(H2,19,20);2*1H. The van der Waals surface area contributed by atoms with E-state index < -0.39 is 0 Å². The minimum Gasteiger partial charge on any atom is -0.384 e. The van der Waals surface area contributed by atoms with Gasteiger partial charge in [0.15, 0.2) is 0 Å². The average molecular weight is 386 g/mol. The highest BCUT2D eigenvalue weighted by atomic mass is 35.5. The Morgan fingerprint density at radius 1 is 1.20 bits per heavy atom. The van der Waals surface area contributed by atoms with Gasteiger partial charge in [-0.25, -0.2) is 9.97 Å². The molecular formula is C18H29Cl2N5. The van der Waals surface area contributed by atoms with Gasteiger partial charge in [-0.15, -0.1) is 24.8 Å². The van der Waals surface area contributed by atoms with Crippen LogP contribution < -0.4 is 5.73 Å². The molecule has 1 saturated heterocycles. The second-order valence-electron chi connectivity index (χ2n) is 6.68. The van der Waals surface area contributed by atoms with Gasteiger partial charge in [0.25, 0.3) is 0 Å². The number of rotatable bonds is 5. The van der Waals surface area contributed by atoms with Crippen LogP contribution in [-0.2, 0) is 6.54 Å². The zero-order valence-corrected chi connectivity index (χ0v) is 16.6. The molecule has 0 radical (unpaired) electrons. The van der Waals surface area contributed by atoms with Crippen LogP contribution in [-0.4, -0.2) is 38.1 Å². The minimum absolute atomic E-state index is 0. The van der Waals surface area contributed by atoms with Crippen molar-refractivity contribution in [2.24, 2.45) is 0 Å². The van der Waals surface area contributed by atoms with Gasteiger partial charge in [-0.05, 0) is 51.8 Å². The summed E-state index contributed by atoms with van der Waals surface area (Å²) in [6, 6.07) is 5.17. The number of nitrogens with two attached hydrogens (primary N) is 1. The lowest BCUT2D eigenvalue weighted by atomic mass is 9.97. The average Bonchev–Trinajstić information content (AvgIpc) is 3.01. The number of halogens is 2. The Labute approximate surface area is 162 Å². The Balaban J connectivity index is 0.00000156. The van der Waals surface area contributed by atoms with Gasteiger partial charge < -0.3 is 10.3 Å². The molecule has 3 heterocycles. The van der Waals surface area contributed by atoms with E-state index in [0.29, 0.717) is 17.9 Å². The first kappa shape index (κ1) is 21.7. The van der Waals surface area contributed by atoms with E-state index in [2.05, 4.69) is 39.5 Å². The van der Waals surface area contributed by atoms with Crippen molar-refractivity contribution in [2.45, 2.75) is 58.2 Å². The highest BCUT2D eigenvalue weighted by Crippen LogP contribution is 2.24. The van der Waals surface area contributed by atoms with Crippen molar-refractivity contribution < 1.29 is 0 Å². The number of hydrogen-bond donors (Lipinski definition) is 1. The van der Waals surface area contributed by atoms with Gasteiger partial charge in [0, 0.05) is 42.8 Å². The number of nitrogen functional groups attached to an aromatic ring is 1. The fraction of sp³-hybridized carbons (Fsp3) is 0.556. The Hall–Kier alpha value is -1.30. The third-order valence-corrected chi connectivity index (χ3v) is 4.79. The number of likely N-dealkylation sites (tertiary alicyclic amines) is 1. The number of piperidine rings is 1. The molecule has 0 amide bonds. The predicted molar refractivity (Wildman–Crippen MR) is 108 cm³/mol. The van der Waals surface area contributed by atoms with Gasteiger partial charge in [0.2, 0.25) is 0 Å². The molecule has 7 heteroatoms. The van der Waals surface area contributed by atoms with Crippen LogP contribution in [0.4, 0.5) is 5.82 Å². The van der Waals surface area contributed by atoms with E-state index in [1.807, 2.05) is 18.3 Å². The Morgan fingerprint density at radius 2 is 2.00 bits per heavy atom. The van der Waals surface area contributed by atoms with Gasteiger partial charge in [-0.3, -0.25) is 4.90 Å². The summed E-state index contributed by atoms with van der Waals surface area (Å²) in [6.07, 6.45) is 10.8. The first-order valence-corrected chi connectivity index (χ1v) is 8.64. The van der Waals surface area contributed by atoms with E-state index >= 15 is 0 Å². The fourth-order valence-corrected chi connectivity index (χ4v) is 3.64. The summed E-state index contributed by atoms with van der Waals surface area (Å²) in [6.45, 7) is 6.84. The fourth-order valence-electron chi connectivity index (χ4n) is 3.64. The molecule has 1 atom stereocenters. The number of aromatic nitrogens is 3. The molecule has 3 rings (SSSR count). The Morgan fingerprint density at radius 3 is 2.72 bits per heavy atom. The zero-order valence-electron chi connectivity index (χ0n) is 15.0. The normalized spacial score (nSPS) is 17.8. The molecule has 0 bridgehead atoms. The highest BCUT2D eigenvalue weighted by Gasteiger charge is 2.24. The minimum atomic E-state index is 0. The Kier molecular flexibility index (Phi) is 8.69. The molecule has 1 unspecified atom stereocenters. The SMILES string of the molecule is CC(C)N1CCCCC1CCn1ccnc1-c1ccnc(N)c1.Cl.Cl. The maximum Gasteiger partial charge on any atom is 0.140 e. The van der Waals surface area contributed by atoms with E-state index in [1.165, 1.54) is 32.2 Å². The van der Waals surface area contributed by atoms with Crippen LogP contribution in [0.5, 0.6) is 0 Å². The summed E-state index contributed by atoms with van der Waals surface area (Å²) >= 11 is 0. The van der Waals surface area contributed by atoms with Crippen LogP contribution in [0.25, 0.3) is 11.4 Å². The smallest absolute Gasteiger partial charge is 0.140 e. The monoisotopic (exact) mass is 385 g/mol. The quantitative estimate of drug-likeness (QED) is 0.843. The van der Waals surface area contributed by atoms with Crippen molar-refractivity contribution in [3.05, 3.63) is 30.7 Å². The van der Waals surface area contributed by atoms with Crippen LogP contribution in [0, 0.1) is 0 Å². The summed E-state index contributed by atoms with van der Waals surface area (Å²) in [4.78, 5) is 11.2. The van der Waals surface area contributed by atoms with Crippen LogP contribution >= 0.6 is 24.8 Å². The molecule has 2 N–H and O–H groups in total. The maximum absolute atomic E-state index is 5.80. The van der Waals surface area contributed by atoms with E-state index in [1.54, 1.807) is 6.20 Å². The van der Waals surface area contributed by atoms with Crippen molar-refractivity contribution in [3.8, 4) is 11.4 Å². The molecule has 0 spiro atoms. The van der Waals surface area contributed by atoms with E-state index in [-0.39, 0.29) is 24.8 Å². The van der Waals surface area contributed by atoms with E-state index in [0.717, 1.165) is 17.9 Å². The maximum atomic E-state index is 5.80. The molecule has 1 aliphatic rings. The molecule has 5 nitrogen and oxygen atoms in total. The predicted octanol–water partition coefficient (Wildman–Crippen LogP) is 4.02. The van der Waals surface area contributed by atoms with E-state index in [9.17, 15) is 0 Å². The molecule has 25 heavy (non-hydrogen) atoms. The van der Waals surface area contributed by atoms with Crippen LogP contribution in [0.2, 0.25) is 0 Å². The second kappa shape index (κ2) is 10.00. The van der Waals surface area contributed by atoms with Gasteiger partial charge in [0.1, 0.15) is 11.6 Å². The van der Waals surface area contributed by atoms with Crippen molar-refractivity contribution >= 4 is 30.6 Å². The Bertz CT molecular complexity index is 644. The van der Waals surface area contributed by atoms with Crippen molar-refractivity contribution in [3.63, 3.8) is 0 Å². The molecule has 1 aliphatic heterocycles. The first-order chi connectivity index (χ1) is 11.1. The number of anilines is 1. The number of hydrogen-bond acceptors (Lipinski definition) is 4. The van der Waals surface area contributed by atoms with Crippen molar-refractivity contribution in [1.82, 2.24) is 19.4 Å². The van der Waals surface area contributed by atoms with Gasteiger partial charge in [0.05, 0.1) is 0 Å². The van der Waals surface area contributed by atoms with Crippen molar-refractivity contribution in [2.75, 3.05) is 12.3 Å². The molecule has 0 aliphatic carbocycles. The van der Waals surface area contributed by atoms with Gasteiger partial charge in [-0.1, -0.05) is 6.42 Å². The number of pyridine rings is 1. The summed E-state index contributed by atoms with van der Waals surface area (Å²) in [5.41, 5.74) is 6.84. The first-order valence-electron chi connectivity index (χ1n) is 8.64. The van der Waals surface area contributed by atoms with Gasteiger partial charge in [-0.2, -0.15) is 0 Å². The summed E-state index contributed by atoms with van der Waals surface area (Å²) in [7, 11) is 0. The number of aryl methyl sites for hydroxylation is 1. The third-order valence-electron chi connectivity index (χ3n) is 4.79. The summed E-state index contributed by atoms with van der Waals surface area (Å²) in [5, 5.41) is 0. The highest BCUT2D eigenvalue weighted by molar-refractivity contribution is 5.85. The van der Waals surface area contributed by atoms with Crippen molar-refractivity contribution in [1.29, 1.82) is 0 Å². The molecule has 0 saturated carbocycles.